The molecule has 0 aliphatic carbocycles. The topological polar surface area (TPSA) is 90.0 Å². The van der Waals surface area contributed by atoms with Crippen LogP contribution >= 0.6 is 0 Å². The molecule has 1 aliphatic heterocycles. The highest BCUT2D eigenvalue weighted by Crippen LogP contribution is 2.20. The number of piperazine rings is 1. The van der Waals surface area contributed by atoms with E-state index in [1.807, 2.05) is 0 Å². The Kier molecular flexibility index (Phi) is 4.39. The summed E-state index contributed by atoms with van der Waals surface area (Å²) in [5, 5.41) is 11.6. The van der Waals surface area contributed by atoms with Gasteiger partial charge in [0.25, 0.3) is 0 Å². The number of carboxylic acids is 1. The van der Waals surface area contributed by atoms with Gasteiger partial charge in [-0.05, 0) is 27.7 Å². The Morgan fingerprint density at radius 1 is 1.47 bits per heavy atom. The van der Waals surface area contributed by atoms with Crippen LogP contribution in [0.1, 0.15) is 27.7 Å². The molecule has 7 heteroatoms. The van der Waals surface area contributed by atoms with Crippen LogP contribution in [0, 0.1) is 0 Å². The van der Waals surface area contributed by atoms with E-state index >= 15 is 0 Å². The van der Waals surface area contributed by atoms with Crippen LogP contribution < -0.4 is 5.32 Å². The molecule has 1 saturated heterocycles. The van der Waals surface area contributed by atoms with Gasteiger partial charge in [0.1, 0.15) is 12.1 Å². The lowest BCUT2D eigenvalue weighted by molar-refractivity contribution is -0.138. The molecule has 108 valence electrons. The molecule has 19 heavy (non-hydrogen) atoms. The van der Waals surface area contributed by atoms with Gasteiger partial charge in [-0.15, -0.1) is 0 Å². The number of aliphatic carboxylic acids is 1. The first-order valence-electron chi connectivity index (χ1n) is 6.26. The van der Waals surface area contributed by atoms with Crippen molar-refractivity contribution in [2.24, 2.45) is 0 Å². The number of rotatable bonds is 3. The van der Waals surface area contributed by atoms with Gasteiger partial charge in [0, 0.05) is 19.1 Å². The van der Waals surface area contributed by atoms with Crippen LogP contribution in [0.4, 0.5) is 4.79 Å². The molecule has 0 saturated carbocycles. The van der Waals surface area contributed by atoms with Crippen molar-refractivity contribution in [3.05, 3.63) is 0 Å². The molecule has 0 aromatic carbocycles. The molecule has 0 aromatic heterocycles. The van der Waals surface area contributed by atoms with Crippen molar-refractivity contribution >= 4 is 17.9 Å². The van der Waals surface area contributed by atoms with Crippen LogP contribution in [-0.2, 0) is 9.59 Å². The maximum atomic E-state index is 12.4. The maximum absolute atomic E-state index is 12.4. The SMILES string of the molecule is CC(C)N(CC(=O)O)C(=O)N1CCNC(=O)C1(C)C. The Bertz CT molecular complexity index is 392. The van der Waals surface area contributed by atoms with Crippen molar-refractivity contribution in [1.29, 1.82) is 0 Å². The van der Waals surface area contributed by atoms with E-state index in [9.17, 15) is 14.4 Å². The number of hydrogen-bond donors (Lipinski definition) is 2. The van der Waals surface area contributed by atoms with Crippen molar-refractivity contribution in [2.75, 3.05) is 19.6 Å². The van der Waals surface area contributed by atoms with E-state index in [1.165, 1.54) is 9.80 Å². The molecule has 7 nitrogen and oxygen atoms in total. The van der Waals surface area contributed by atoms with Crippen LogP contribution in [0.5, 0.6) is 0 Å². The average Bonchev–Trinajstić information content (AvgIpc) is 2.28. The molecular weight excluding hydrogens is 250 g/mol. The summed E-state index contributed by atoms with van der Waals surface area (Å²) in [6, 6.07) is -0.665. The largest absolute Gasteiger partial charge is 0.480 e. The molecule has 1 fully saturated rings. The smallest absolute Gasteiger partial charge is 0.323 e. The minimum atomic E-state index is -1.07. The summed E-state index contributed by atoms with van der Waals surface area (Å²) in [6.07, 6.45) is 0. The minimum absolute atomic E-state index is 0.230. The average molecular weight is 271 g/mol. The Hall–Kier alpha value is -1.79. The summed E-state index contributed by atoms with van der Waals surface area (Å²) in [4.78, 5) is 37.8. The zero-order chi connectivity index (χ0) is 14.8. The number of amides is 3. The highest BCUT2D eigenvalue weighted by molar-refractivity contribution is 5.92. The molecule has 0 spiro atoms. The molecular formula is C12H21N3O4. The molecule has 0 atom stereocenters. The quantitative estimate of drug-likeness (QED) is 0.762. The summed E-state index contributed by atoms with van der Waals surface area (Å²) in [6.45, 7) is 7.19. The normalized spacial score (nSPS) is 18.2. The summed E-state index contributed by atoms with van der Waals surface area (Å²) >= 11 is 0. The fourth-order valence-electron chi connectivity index (χ4n) is 2.01. The number of hydrogen-bond acceptors (Lipinski definition) is 3. The number of carbonyl (C=O) groups excluding carboxylic acids is 2. The first kappa shape index (κ1) is 15.3. The predicted octanol–water partition coefficient (Wildman–Crippen LogP) is 0.112. The molecule has 0 radical (unpaired) electrons. The van der Waals surface area contributed by atoms with Crippen LogP contribution in [0.25, 0.3) is 0 Å². The number of urea groups is 1. The lowest BCUT2D eigenvalue weighted by Gasteiger charge is -2.43. The highest BCUT2D eigenvalue weighted by atomic mass is 16.4. The molecule has 0 unspecified atom stereocenters. The van der Waals surface area contributed by atoms with Crippen molar-refractivity contribution < 1.29 is 19.5 Å². The fourth-order valence-corrected chi connectivity index (χ4v) is 2.01. The molecule has 2 N–H and O–H groups in total. The van der Waals surface area contributed by atoms with Gasteiger partial charge in [0.05, 0.1) is 0 Å². The van der Waals surface area contributed by atoms with Gasteiger partial charge in [0.15, 0.2) is 0 Å². The third-order valence-corrected chi connectivity index (χ3v) is 3.26. The Labute approximate surface area is 112 Å². The molecule has 1 heterocycles. The van der Waals surface area contributed by atoms with E-state index in [0.29, 0.717) is 13.1 Å². The second-order valence-electron chi connectivity index (χ2n) is 5.36. The first-order chi connectivity index (χ1) is 8.67. The third-order valence-electron chi connectivity index (χ3n) is 3.26. The lowest BCUT2D eigenvalue weighted by Crippen LogP contribution is -2.66. The van der Waals surface area contributed by atoms with Crippen molar-refractivity contribution in [2.45, 2.75) is 39.3 Å². The minimum Gasteiger partial charge on any atom is -0.480 e. The Morgan fingerprint density at radius 2 is 2.05 bits per heavy atom. The van der Waals surface area contributed by atoms with Crippen LogP contribution in [0.15, 0.2) is 0 Å². The molecule has 1 rings (SSSR count). The Morgan fingerprint density at radius 3 is 2.53 bits per heavy atom. The highest BCUT2D eigenvalue weighted by Gasteiger charge is 2.42. The first-order valence-corrected chi connectivity index (χ1v) is 6.26. The molecule has 0 bridgehead atoms. The predicted molar refractivity (Wildman–Crippen MR) is 68.7 cm³/mol. The zero-order valence-electron chi connectivity index (χ0n) is 11.8. The standard InChI is InChI=1S/C12H21N3O4/c1-8(2)14(7-9(16)17)11(19)15-6-5-13-10(18)12(15,3)4/h8H,5-7H2,1-4H3,(H,13,18)(H,16,17). The third kappa shape index (κ3) is 3.15. The fraction of sp³-hybridized carbons (Fsp3) is 0.750. The van der Waals surface area contributed by atoms with Crippen molar-refractivity contribution in [3.8, 4) is 0 Å². The molecule has 1 aliphatic rings. The van der Waals surface area contributed by atoms with E-state index in [2.05, 4.69) is 5.32 Å². The van der Waals surface area contributed by atoms with Crippen LogP contribution in [0.3, 0.4) is 0 Å². The van der Waals surface area contributed by atoms with E-state index < -0.39 is 17.5 Å². The lowest BCUT2D eigenvalue weighted by atomic mass is 9.99. The van der Waals surface area contributed by atoms with Gasteiger partial charge in [-0.1, -0.05) is 0 Å². The van der Waals surface area contributed by atoms with Gasteiger partial charge < -0.3 is 20.2 Å². The molecule has 0 aromatic rings. The monoisotopic (exact) mass is 271 g/mol. The number of nitrogens with zero attached hydrogens (tertiary/aromatic N) is 2. The van der Waals surface area contributed by atoms with E-state index in [0.717, 1.165) is 0 Å². The Balaban J connectivity index is 2.95. The number of carbonyl (C=O) groups is 3. The summed E-state index contributed by atoms with van der Waals surface area (Å²) in [5.74, 6) is -1.30. The van der Waals surface area contributed by atoms with Gasteiger partial charge in [-0.3, -0.25) is 9.59 Å². The second kappa shape index (κ2) is 5.46. The number of nitrogens with one attached hydrogen (secondary N) is 1. The van der Waals surface area contributed by atoms with Gasteiger partial charge in [-0.25, -0.2) is 4.79 Å². The second-order valence-corrected chi connectivity index (χ2v) is 5.36. The summed E-state index contributed by atoms with van der Waals surface area (Å²) in [5.41, 5.74) is -0.971. The van der Waals surface area contributed by atoms with E-state index in [-0.39, 0.29) is 18.5 Å². The van der Waals surface area contributed by atoms with Gasteiger partial charge in [-0.2, -0.15) is 0 Å². The maximum Gasteiger partial charge on any atom is 0.323 e. The van der Waals surface area contributed by atoms with Crippen molar-refractivity contribution in [3.63, 3.8) is 0 Å². The van der Waals surface area contributed by atoms with Gasteiger partial charge in [0.2, 0.25) is 5.91 Å². The summed E-state index contributed by atoms with van der Waals surface area (Å²) in [7, 11) is 0. The van der Waals surface area contributed by atoms with E-state index in [4.69, 9.17) is 5.11 Å². The van der Waals surface area contributed by atoms with Crippen LogP contribution in [-0.4, -0.2) is 64.0 Å². The van der Waals surface area contributed by atoms with Crippen molar-refractivity contribution in [1.82, 2.24) is 15.1 Å². The van der Waals surface area contributed by atoms with Crippen LogP contribution in [0.2, 0.25) is 0 Å². The summed E-state index contributed by atoms with van der Waals surface area (Å²) < 4.78 is 0. The van der Waals surface area contributed by atoms with E-state index in [1.54, 1.807) is 27.7 Å². The number of carboxylic acid groups (broad SMARTS) is 1. The van der Waals surface area contributed by atoms with Gasteiger partial charge >= 0.3 is 12.0 Å². The molecule has 3 amide bonds. The zero-order valence-corrected chi connectivity index (χ0v) is 11.8.